The van der Waals surface area contributed by atoms with E-state index in [1.165, 1.54) is 0 Å². The maximum atomic E-state index is 11.8. The van der Waals surface area contributed by atoms with Gasteiger partial charge in [-0.25, -0.2) is 0 Å². The van der Waals surface area contributed by atoms with Crippen molar-refractivity contribution in [2.75, 3.05) is 24.6 Å². The quantitative estimate of drug-likeness (QED) is 0.747. The molecule has 88 valence electrons. The lowest BCUT2D eigenvalue weighted by Gasteiger charge is -2.23. The molecule has 0 saturated carbocycles. The van der Waals surface area contributed by atoms with E-state index < -0.39 is 0 Å². The Morgan fingerprint density at radius 3 is 3.07 bits per heavy atom. The lowest BCUT2D eigenvalue weighted by Crippen LogP contribution is -2.44. The largest absolute Gasteiger partial charge is 0.353 e. The normalized spacial score (nSPS) is 23.5. The van der Waals surface area contributed by atoms with Gasteiger partial charge in [-0.1, -0.05) is 6.92 Å². The highest BCUT2D eigenvalue weighted by Crippen LogP contribution is 2.10. The molecule has 15 heavy (non-hydrogen) atoms. The predicted molar refractivity (Wildman–Crippen MR) is 66.2 cm³/mol. The number of carbonyl (C=O) groups is 1. The Labute approximate surface area is 96.8 Å². The summed E-state index contributed by atoms with van der Waals surface area (Å²) in [7, 11) is 0. The lowest BCUT2D eigenvalue weighted by molar-refractivity contribution is -0.125. The molecule has 0 spiro atoms. The van der Waals surface area contributed by atoms with E-state index in [-0.39, 0.29) is 11.8 Å². The van der Waals surface area contributed by atoms with Crippen LogP contribution in [0.4, 0.5) is 0 Å². The molecule has 3 nitrogen and oxygen atoms in total. The van der Waals surface area contributed by atoms with Crippen LogP contribution in [0.25, 0.3) is 0 Å². The number of hydrogen-bond acceptors (Lipinski definition) is 3. The fourth-order valence-corrected chi connectivity index (χ4v) is 2.45. The number of piperidine rings is 1. The molecular formula is C11H22N2OS. The van der Waals surface area contributed by atoms with Crippen molar-refractivity contribution < 1.29 is 4.79 Å². The van der Waals surface area contributed by atoms with Crippen molar-refractivity contribution in [1.82, 2.24) is 10.6 Å². The Bertz CT molecular complexity index is 193. The summed E-state index contributed by atoms with van der Waals surface area (Å²) >= 11 is 1.87. The van der Waals surface area contributed by atoms with Crippen LogP contribution in [-0.4, -0.2) is 36.5 Å². The molecule has 2 N–H and O–H groups in total. The number of nitrogens with one attached hydrogen (secondary N) is 2. The third kappa shape index (κ3) is 4.89. The Kier molecular flexibility index (Phi) is 6.10. The van der Waals surface area contributed by atoms with Crippen LogP contribution >= 0.6 is 11.8 Å². The number of thioether (sulfide) groups is 1. The predicted octanol–water partition coefficient (Wildman–Crippen LogP) is 1.24. The standard InChI is InChI=1S/C11H22N2OS/c1-3-15-8-9(2)13-11(14)10-5-4-6-12-7-10/h9-10,12H,3-8H2,1-2H3,(H,13,14)/t9?,10-/m1/s1. The zero-order chi connectivity index (χ0) is 11.1. The van der Waals surface area contributed by atoms with Crippen LogP contribution in [-0.2, 0) is 4.79 Å². The molecule has 0 bridgehead atoms. The van der Waals surface area contributed by atoms with E-state index in [4.69, 9.17) is 0 Å². The second kappa shape index (κ2) is 7.12. The van der Waals surface area contributed by atoms with Gasteiger partial charge in [0.25, 0.3) is 0 Å². The van der Waals surface area contributed by atoms with Gasteiger partial charge in [0.1, 0.15) is 0 Å². The summed E-state index contributed by atoms with van der Waals surface area (Å²) in [5, 5.41) is 6.35. The van der Waals surface area contributed by atoms with Crippen molar-refractivity contribution >= 4 is 17.7 Å². The molecule has 0 aromatic heterocycles. The molecule has 0 radical (unpaired) electrons. The monoisotopic (exact) mass is 230 g/mol. The number of rotatable bonds is 5. The van der Waals surface area contributed by atoms with Gasteiger partial charge in [0.15, 0.2) is 0 Å². The third-order valence-corrected chi connectivity index (χ3v) is 3.77. The maximum Gasteiger partial charge on any atom is 0.224 e. The summed E-state index contributed by atoms with van der Waals surface area (Å²) in [6.45, 7) is 6.13. The SMILES string of the molecule is CCSCC(C)NC(=O)[C@@H]1CCCNC1. The minimum atomic E-state index is 0.188. The first-order valence-electron chi connectivity index (χ1n) is 5.83. The fourth-order valence-electron chi connectivity index (χ4n) is 1.77. The molecule has 1 rings (SSSR count). The zero-order valence-corrected chi connectivity index (χ0v) is 10.5. The highest BCUT2D eigenvalue weighted by atomic mass is 32.2. The van der Waals surface area contributed by atoms with E-state index in [1.54, 1.807) is 0 Å². The molecule has 1 saturated heterocycles. The highest BCUT2D eigenvalue weighted by Gasteiger charge is 2.21. The van der Waals surface area contributed by atoms with Gasteiger partial charge < -0.3 is 10.6 Å². The first-order valence-corrected chi connectivity index (χ1v) is 6.98. The van der Waals surface area contributed by atoms with Crippen molar-refractivity contribution in [1.29, 1.82) is 0 Å². The van der Waals surface area contributed by atoms with Crippen molar-refractivity contribution in [3.63, 3.8) is 0 Å². The van der Waals surface area contributed by atoms with Gasteiger partial charge in [0.05, 0.1) is 5.92 Å². The summed E-state index contributed by atoms with van der Waals surface area (Å²) < 4.78 is 0. The second-order valence-electron chi connectivity index (χ2n) is 4.11. The number of carbonyl (C=O) groups excluding carboxylic acids is 1. The van der Waals surface area contributed by atoms with Gasteiger partial charge in [-0.05, 0) is 32.1 Å². The minimum Gasteiger partial charge on any atom is -0.353 e. The molecule has 1 heterocycles. The molecule has 2 atom stereocenters. The zero-order valence-electron chi connectivity index (χ0n) is 9.71. The van der Waals surface area contributed by atoms with E-state index in [0.29, 0.717) is 6.04 Å². The molecule has 1 unspecified atom stereocenters. The van der Waals surface area contributed by atoms with Crippen molar-refractivity contribution in [3.8, 4) is 0 Å². The Hall–Kier alpha value is -0.220. The molecule has 1 fully saturated rings. The molecule has 1 aliphatic rings. The first-order chi connectivity index (χ1) is 7.24. The van der Waals surface area contributed by atoms with E-state index in [2.05, 4.69) is 24.5 Å². The van der Waals surface area contributed by atoms with E-state index in [1.807, 2.05) is 11.8 Å². The number of hydrogen-bond donors (Lipinski definition) is 2. The van der Waals surface area contributed by atoms with E-state index >= 15 is 0 Å². The smallest absolute Gasteiger partial charge is 0.224 e. The molecule has 1 aliphatic heterocycles. The van der Waals surface area contributed by atoms with E-state index in [9.17, 15) is 4.79 Å². The Morgan fingerprint density at radius 2 is 2.47 bits per heavy atom. The van der Waals surface area contributed by atoms with Gasteiger partial charge in [-0.3, -0.25) is 4.79 Å². The Morgan fingerprint density at radius 1 is 1.67 bits per heavy atom. The van der Waals surface area contributed by atoms with Crippen molar-refractivity contribution in [2.24, 2.45) is 5.92 Å². The summed E-state index contributed by atoms with van der Waals surface area (Å²) in [4.78, 5) is 11.8. The van der Waals surface area contributed by atoms with Crippen LogP contribution in [0.3, 0.4) is 0 Å². The molecule has 0 aliphatic carbocycles. The van der Waals surface area contributed by atoms with Crippen LogP contribution in [0.15, 0.2) is 0 Å². The summed E-state index contributed by atoms with van der Waals surface area (Å²) in [5.74, 6) is 2.55. The van der Waals surface area contributed by atoms with Crippen molar-refractivity contribution in [3.05, 3.63) is 0 Å². The summed E-state index contributed by atoms with van der Waals surface area (Å²) in [6.07, 6.45) is 2.16. The third-order valence-electron chi connectivity index (χ3n) is 2.63. The van der Waals surface area contributed by atoms with Crippen molar-refractivity contribution in [2.45, 2.75) is 32.7 Å². The molecule has 0 aromatic rings. The van der Waals surface area contributed by atoms with Crippen LogP contribution in [0.5, 0.6) is 0 Å². The highest BCUT2D eigenvalue weighted by molar-refractivity contribution is 7.99. The van der Waals surface area contributed by atoms with E-state index in [0.717, 1.165) is 37.4 Å². The molecule has 0 aromatic carbocycles. The molecule has 4 heteroatoms. The average molecular weight is 230 g/mol. The van der Waals surface area contributed by atoms with Crippen LogP contribution in [0.1, 0.15) is 26.7 Å². The second-order valence-corrected chi connectivity index (χ2v) is 5.43. The Balaban J connectivity index is 2.21. The van der Waals surface area contributed by atoms with Crippen LogP contribution in [0, 0.1) is 5.92 Å². The van der Waals surface area contributed by atoms with Gasteiger partial charge in [0, 0.05) is 18.3 Å². The topological polar surface area (TPSA) is 41.1 Å². The van der Waals surface area contributed by atoms with Crippen LogP contribution in [0.2, 0.25) is 0 Å². The van der Waals surface area contributed by atoms with Gasteiger partial charge in [-0.15, -0.1) is 0 Å². The van der Waals surface area contributed by atoms with Crippen LogP contribution < -0.4 is 10.6 Å². The maximum absolute atomic E-state index is 11.8. The van der Waals surface area contributed by atoms with Gasteiger partial charge in [-0.2, -0.15) is 11.8 Å². The first kappa shape index (κ1) is 12.8. The lowest BCUT2D eigenvalue weighted by atomic mass is 9.98. The summed E-state index contributed by atoms with van der Waals surface area (Å²) in [6, 6.07) is 0.296. The average Bonchev–Trinajstić information content (AvgIpc) is 2.27. The van der Waals surface area contributed by atoms with Gasteiger partial charge in [0.2, 0.25) is 5.91 Å². The minimum absolute atomic E-state index is 0.188. The fraction of sp³-hybridized carbons (Fsp3) is 0.909. The summed E-state index contributed by atoms with van der Waals surface area (Å²) in [5.41, 5.74) is 0. The number of amides is 1. The molecule has 1 amide bonds. The van der Waals surface area contributed by atoms with Gasteiger partial charge >= 0.3 is 0 Å². The molecular weight excluding hydrogens is 208 g/mol.